The summed E-state index contributed by atoms with van der Waals surface area (Å²) in [6, 6.07) is 6.93. The van der Waals surface area contributed by atoms with Gasteiger partial charge in [-0.25, -0.2) is 0 Å². The van der Waals surface area contributed by atoms with Crippen molar-refractivity contribution in [2.75, 3.05) is 14.2 Å². The fraction of sp³-hybridized carbons (Fsp3) is 0.385. The molecule has 1 rings (SSSR count). The van der Waals surface area contributed by atoms with E-state index in [9.17, 15) is 4.79 Å². The lowest BCUT2D eigenvalue weighted by atomic mass is 9.94. The second kappa shape index (κ2) is 6.50. The van der Waals surface area contributed by atoms with Crippen LogP contribution < -0.4 is 9.47 Å². The van der Waals surface area contributed by atoms with E-state index in [4.69, 9.17) is 19.8 Å². The molecule has 0 saturated carbocycles. The lowest BCUT2D eigenvalue weighted by Gasteiger charge is -2.14. The Hall–Kier alpha value is -2.22. The van der Waals surface area contributed by atoms with Gasteiger partial charge < -0.3 is 14.6 Å². The van der Waals surface area contributed by atoms with Gasteiger partial charge in [0.1, 0.15) is 0 Å². The van der Waals surface area contributed by atoms with Crippen molar-refractivity contribution in [1.82, 2.24) is 0 Å². The summed E-state index contributed by atoms with van der Waals surface area (Å²) in [6.45, 7) is 0. The highest BCUT2D eigenvalue weighted by Gasteiger charge is 2.20. The smallest absolute Gasteiger partial charge is 0.311 e. The second-order valence-electron chi connectivity index (χ2n) is 3.70. The van der Waals surface area contributed by atoms with Crippen LogP contribution in [-0.2, 0) is 4.79 Å². The normalized spacial score (nSPS) is 11.4. The number of nitrogens with zero attached hydrogens (tertiary/aromatic N) is 1. The fourth-order valence-corrected chi connectivity index (χ4v) is 1.71. The molecule has 5 nitrogen and oxygen atoms in total. The van der Waals surface area contributed by atoms with E-state index in [2.05, 4.69) is 0 Å². The van der Waals surface area contributed by atoms with E-state index in [1.165, 1.54) is 14.2 Å². The molecular weight excluding hydrogens is 234 g/mol. The Kier molecular flexibility index (Phi) is 5.00. The van der Waals surface area contributed by atoms with E-state index >= 15 is 0 Å². The summed E-state index contributed by atoms with van der Waals surface area (Å²) < 4.78 is 10.2. The Balaban J connectivity index is 3.05. The largest absolute Gasteiger partial charge is 0.493 e. The Morgan fingerprint density at radius 2 is 2.06 bits per heavy atom. The van der Waals surface area contributed by atoms with Crippen LogP contribution in [0.4, 0.5) is 0 Å². The number of carboxylic acid groups (broad SMARTS) is 1. The average molecular weight is 249 g/mol. The zero-order chi connectivity index (χ0) is 13.5. The van der Waals surface area contributed by atoms with Crippen LogP contribution in [0.1, 0.15) is 24.3 Å². The summed E-state index contributed by atoms with van der Waals surface area (Å²) in [6.07, 6.45) is 0.479. The van der Waals surface area contributed by atoms with Crippen LogP contribution in [0, 0.1) is 11.3 Å². The standard InChI is InChI=1S/C13H15NO4/c1-17-11-6-5-9(8-12(11)18-2)10(13(15)16)4-3-7-14/h5-6,8,10H,3-4H2,1-2H3,(H,15,16). The predicted octanol–water partition coefficient (Wildman–Crippen LogP) is 2.18. The van der Waals surface area contributed by atoms with Crippen LogP contribution in [-0.4, -0.2) is 25.3 Å². The third-order valence-electron chi connectivity index (χ3n) is 2.65. The molecule has 0 aliphatic heterocycles. The number of carboxylic acids is 1. The van der Waals surface area contributed by atoms with Gasteiger partial charge >= 0.3 is 5.97 Å². The van der Waals surface area contributed by atoms with Crippen LogP contribution in [0.5, 0.6) is 11.5 Å². The minimum absolute atomic E-state index is 0.200. The summed E-state index contributed by atoms with van der Waals surface area (Å²) in [5.41, 5.74) is 0.607. The first kappa shape index (κ1) is 13.8. The van der Waals surface area contributed by atoms with Crippen molar-refractivity contribution < 1.29 is 19.4 Å². The molecule has 0 aliphatic carbocycles. The molecule has 18 heavy (non-hydrogen) atoms. The molecule has 96 valence electrons. The first-order chi connectivity index (χ1) is 8.63. The number of ether oxygens (including phenoxy) is 2. The molecule has 1 N–H and O–H groups in total. The lowest BCUT2D eigenvalue weighted by Crippen LogP contribution is -2.11. The molecule has 1 aromatic carbocycles. The highest BCUT2D eigenvalue weighted by atomic mass is 16.5. The SMILES string of the molecule is COc1ccc(C(CCC#N)C(=O)O)cc1OC. The van der Waals surface area contributed by atoms with Gasteiger partial charge in [-0.2, -0.15) is 5.26 Å². The Morgan fingerprint density at radius 3 is 2.56 bits per heavy atom. The van der Waals surface area contributed by atoms with E-state index in [-0.39, 0.29) is 12.8 Å². The Bertz CT molecular complexity index is 465. The number of rotatable bonds is 6. The molecular formula is C13H15NO4. The van der Waals surface area contributed by atoms with Crippen LogP contribution in [0.15, 0.2) is 18.2 Å². The zero-order valence-electron chi connectivity index (χ0n) is 10.3. The number of methoxy groups -OCH3 is 2. The maximum Gasteiger partial charge on any atom is 0.311 e. The van der Waals surface area contributed by atoms with Crippen molar-refractivity contribution in [1.29, 1.82) is 5.26 Å². The van der Waals surface area contributed by atoms with Crippen LogP contribution in [0.3, 0.4) is 0 Å². The van der Waals surface area contributed by atoms with Gasteiger partial charge in [0.2, 0.25) is 0 Å². The molecule has 1 atom stereocenters. The quantitative estimate of drug-likeness (QED) is 0.835. The lowest BCUT2D eigenvalue weighted by molar-refractivity contribution is -0.138. The van der Waals surface area contributed by atoms with Gasteiger partial charge in [0.15, 0.2) is 11.5 Å². The van der Waals surface area contributed by atoms with Crippen LogP contribution in [0.2, 0.25) is 0 Å². The third-order valence-corrected chi connectivity index (χ3v) is 2.65. The molecule has 0 saturated heterocycles. The van der Waals surface area contributed by atoms with E-state index in [1.807, 2.05) is 6.07 Å². The molecule has 0 fully saturated rings. The van der Waals surface area contributed by atoms with E-state index in [0.29, 0.717) is 17.1 Å². The van der Waals surface area contributed by atoms with Crippen LogP contribution in [0.25, 0.3) is 0 Å². The third kappa shape index (κ3) is 3.14. The van der Waals surface area contributed by atoms with Gasteiger partial charge in [0, 0.05) is 6.42 Å². The average Bonchev–Trinajstić information content (AvgIpc) is 2.38. The first-order valence-corrected chi connectivity index (χ1v) is 5.45. The van der Waals surface area contributed by atoms with Gasteiger partial charge in [-0.3, -0.25) is 4.79 Å². The minimum Gasteiger partial charge on any atom is -0.493 e. The molecule has 0 heterocycles. The number of hydrogen-bond acceptors (Lipinski definition) is 4. The van der Waals surface area contributed by atoms with Crippen molar-refractivity contribution in [3.8, 4) is 17.6 Å². The van der Waals surface area contributed by atoms with Crippen molar-refractivity contribution in [2.24, 2.45) is 0 Å². The Labute approximate surface area is 106 Å². The summed E-state index contributed by atoms with van der Waals surface area (Å²) in [5.74, 6) is -0.620. The van der Waals surface area contributed by atoms with Crippen molar-refractivity contribution in [3.63, 3.8) is 0 Å². The summed E-state index contributed by atoms with van der Waals surface area (Å²) >= 11 is 0. The molecule has 0 bridgehead atoms. The number of benzene rings is 1. The maximum absolute atomic E-state index is 11.2. The molecule has 0 radical (unpaired) electrons. The van der Waals surface area contributed by atoms with Gasteiger partial charge in [0.05, 0.1) is 26.2 Å². The topological polar surface area (TPSA) is 79.5 Å². The summed E-state index contributed by atoms with van der Waals surface area (Å²) in [4.78, 5) is 11.2. The van der Waals surface area contributed by atoms with Crippen molar-refractivity contribution in [2.45, 2.75) is 18.8 Å². The van der Waals surface area contributed by atoms with Gasteiger partial charge in [-0.05, 0) is 24.1 Å². The van der Waals surface area contributed by atoms with Crippen molar-refractivity contribution >= 4 is 5.97 Å². The molecule has 1 aromatic rings. The van der Waals surface area contributed by atoms with Gasteiger partial charge in [-0.1, -0.05) is 6.07 Å². The number of aliphatic carboxylic acids is 1. The van der Waals surface area contributed by atoms with Gasteiger partial charge in [-0.15, -0.1) is 0 Å². The van der Waals surface area contributed by atoms with E-state index in [1.54, 1.807) is 18.2 Å². The molecule has 0 aromatic heterocycles. The zero-order valence-corrected chi connectivity index (χ0v) is 10.3. The molecule has 1 unspecified atom stereocenters. The highest BCUT2D eigenvalue weighted by Crippen LogP contribution is 2.32. The monoisotopic (exact) mass is 249 g/mol. The van der Waals surface area contributed by atoms with Crippen molar-refractivity contribution in [3.05, 3.63) is 23.8 Å². The van der Waals surface area contributed by atoms with E-state index < -0.39 is 11.9 Å². The Morgan fingerprint density at radius 1 is 1.39 bits per heavy atom. The number of carbonyl (C=O) groups is 1. The van der Waals surface area contributed by atoms with Gasteiger partial charge in [0.25, 0.3) is 0 Å². The first-order valence-electron chi connectivity index (χ1n) is 5.45. The second-order valence-corrected chi connectivity index (χ2v) is 3.70. The minimum atomic E-state index is -0.947. The molecule has 0 amide bonds. The summed E-state index contributed by atoms with van der Waals surface area (Å²) in [5, 5.41) is 17.7. The fourth-order valence-electron chi connectivity index (χ4n) is 1.71. The highest BCUT2D eigenvalue weighted by molar-refractivity contribution is 5.76. The predicted molar refractivity (Wildman–Crippen MR) is 64.8 cm³/mol. The number of hydrogen-bond donors (Lipinski definition) is 1. The summed E-state index contributed by atoms with van der Waals surface area (Å²) in [7, 11) is 3.01. The maximum atomic E-state index is 11.2. The molecule has 0 aliphatic rings. The van der Waals surface area contributed by atoms with E-state index in [0.717, 1.165) is 0 Å². The molecule has 5 heteroatoms. The van der Waals surface area contributed by atoms with Crippen LogP contribution >= 0.6 is 0 Å². The molecule has 0 spiro atoms. The number of nitriles is 1.